The largest absolute Gasteiger partial charge is 0.394 e. The molecule has 23 heavy (non-hydrogen) atoms. The van der Waals surface area contributed by atoms with Gasteiger partial charge in [0.05, 0.1) is 30.0 Å². The van der Waals surface area contributed by atoms with Gasteiger partial charge in [-0.3, -0.25) is 0 Å². The lowest BCUT2D eigenvalue weighted by Crippen LogP contribution is -2.16. The summed E-state index contributed by atoms with van der Waals surface area (Å²) in [6.45, 7) is 0.0401. The Morgan fingerprint density at radius 2 is 2.13 bits per heavy atom. The first-order chi connectivity index (χ1) is 11.2. The molecular formula is C16H21ClN4O2. The molecule has 4 rings (SSSR count). The van der Waals surface area contributed by atoms with Crippen LogP contribution < -0.4 is 5.32 Å². The third-order valence-electron chi connectivity index (χ3n) is 4.81. The van der Waals surface area contributed by atoms with Crippen molar-refractivity contribution >= 4 is 28.3 Å². The zero-order chi connectivity index (χ0) is 15.8. The van der Waals surface area contributed by atoms with Gasteiger partial charge in [0.2, 0.25) is 0 Å². The number of nitrogens with zero attached hydrogens (tertiary/aromatic N) is 3. The van der Waals surface area contributed by atoms with E-state index in [0.29, 0.717) is 11.2 Å². The number of fused-ring (bicyclic) bond motifs is 1. The Labute approximate surface area is 139 Å². The minimum atomic E-state index is -0.185. The van der Waals surface area contributed by atoms with Crippen LogP contribution in [0, 0.1) is 0 Å². The highest BCUT2D eigenvalue weighted by Gasteiger charge is 2.28. The second-order valence-corrected chi connectivity index (χ2v) is 6.80. The van der Waals surface area contributed by atoms with Crippen molar-refractivity contribution in [3.8, 4) is 0 Å². The number of nitrogens with one attached hydrogen (secondary N) is 1. The third-order valence-corrected chi connectivity index (χ3v) is 5.01. The van der Waals surface area contributed by atoms with E-state index in [1.54, 1.807) is 4.68 Å². The molecule has 0 radical (unpaired) electrons. The van der Waals surface area contributed by atoms with Crippen molar-refractivity contribution in [1.82, 2.24) is 14.8 Å². The Morgan fingerprint density at radius 1 is 1.30 bits per heavy atom. The lowest BCUT2D eigenvalue weighted by atomic mass is 10.2. The molecule has 7 heteroatoms. The average molecular weight is 337 g/mol. The van der Waals surface area contributed by atoms with Crippen LogP contribution >= 0.6 is 11.6 Å². The van der Waals surface area contributed by atoms with Gasteiger partial charge in [0.15, 0.2) is 11.9 Å². The van der Waals surface area contributed by atoms with Crippen LogP contribution in [0.4, 0.5) is 5.69 Å². The predicted molar refractivity (Wildman–Crippen MR) is 88.6 cm³/mol. The average Bonchev–Trinajstić information content (AvgIpc) is 3.26. The van der Waals surface area contributed by atoms with Gasteiger partial charge in [-0.25, -0.2) is 9.67 Å². The van der Waals surface area contributed by atoms with Gasteiger partial charge < -0.3 is 15.2 Å². The number of hydrogen-bond acceptors (Lipinski definition) is 5. The van der Waals surface area contributed by atoms with Gasteiger partial charge >= 0.3 is 0 Å². The van der Waals surface area contributed by atoms with Gasteiger partial charge in [-0.05, 0) is 31.7 Å². The summed E-state index contributed by atoms with van der Waals surface area (Å²) in [6.07, 6.45) is 8.11. The van der Waals surface area contributed by atoms with Gasteiger partial charge in [-0.15, -0.1) is 0 Å². The summed E-state index contributed by atoms with van der Waals surface area (Å²) < 4.78 is 7.61. The number of ether oxygens (including phenoxy) is 1. The Bertz CT molecular complexity index is 699. The number of anilines is 1. The fourth-order valence-electron chi connectivity index (χ4n) is 3.61. The molecule has 0 aromatic carbocycles. The van der Waals surface area contributed by atoms with Gasteiger partial charge in [0.1, 0.15) is 5.15 Å². The minimum absolute atomic E-state index is 0.0401. The summed E-state index contributed by atoms with van der Waals surface area (Å²) in [5.74, 6) is 0. The topological polar surface area (TPSA) is 72.2 Å². The van der Waals surface area contributed by atoms with Crippen LogP contribution in [0.25, 0.3) is 11.0 Å². The van der Waals surface area contributed by atoms with E-state index in [2.05, 4.69) is 15.4 Å². The van der Waals surface area contributed by atoms with E-state index in [1.165, 1.54) is 25.7 Å². The Morgan fingerprint density at radius 3 is 2.87 bits per heavy atom. The van der Waals surface area contributed by atoms with E-state index in [4.69, 9.17) is 16.3 Å². The Hall–Kier alpha value is -1.37. The summed E-state index contributed by atoms with van der Waals surface area (Å²) in [4.78, 5) is 4.45. The molecule has 2 unspecified atom stereocenters. The van der Waals surface area contributed by atoms with Crippen LogP contribution in [0.1, 0.15) is 44.8 Å². The maximum Gasteiger partial charge on any atom is 0.164 e. The van der Waals surface area contributed by atoms with E-state index in [-0.39, 0.29) is 18.9 Å². The van der Waals surface area contributed by atoms with Gasteiger partial charge in [-0.1, -0.05) is 24.4 Å². The normalized spacial score (nSPS) is 25.5. The second-order valence-electron chi connectivity index (χ2n) is 6.42. The third kappa shape index (κ3) is 2.91. The molecule has 3 heterocycles. The number of aliphatic hydroxyl groups is 1. The van der Waals surface area contributed by atoms with E-state index in [0.717, 1.165) is 29.6 Å². The Balaban J connectivity index is 1.67. The van der Waals surface area contributed by atoms with Crippen molar-refractivity contribution in [2.75, 3.05) is 11.9 Å². The van der Waals surface area contributed by atoms with Crippen LogP contribution in [0.15, 0.2) is 12.3 Å². The summed E-state index contributed by atoms with van der Waals surface area (Å²) in [5, 5.41) is 18.7. The van der Waals surface area contributed by atoms with E-state index in [9.17, 15) is 5.11 Å². The minimum Gasteiger partial charge on any atom is -0.394 e. The number of halogens is 1. The smallest absolute Gasteiger partial charge is 0.164 e. The molecule has 2 aromatic rings. The fraction of sp³-hybridized carbons (Fsp3) is 0.625. The number of rotatable bonds is 4. The monoisotopic (exact) mass is 336 g/mol. The van der Waals surface area contributed by atoms with Crippen molar-refractivity contribution in [3.05, 3.63) is 17.4 Å². The number of aromatic nitrogens is 3. The molecule has 1 aliphatic heterocycles. The van der Waals surface area contributed by atoms with Crippen LogP contribution in [0.3, 0.4) is 0 Å². The highest BCUT2D eigenvalue weighted by Crippen LogP contribution is 2.34. The van der Waals surface area contributed by atoms with Crippen LogP contribution in [-0.4, -0.2) is 38.6 Å². The highest BCUT2D eigenvalue weighted by molar-refractivity contribution is 6.30. The number of pyridine rings is 1. The first-order valence-electron chi connectivity index (χ1n) is 8.31. The number of hydrogen-bond donors (Lipinski definition) is 2. The summed E-state index contributed by atoms with van der Waals surface area (Å²) in [6, 6.07) is 2.38. The van der Waals surface area contributed by atoms with E-state index < -0.39 is 0 Å². The molecule has 1 saturated heterocycles. The SMILES string of the molecule is OCC1CCC(n2ncc3c(NC4CCCC4)cc(Cl)nc32)O1. The molecule has 0 amide bonds. The lowest BCUT2D eigenvalue weighted by molar-refractivity contribution is -0.0262. The van der Waals surface area contributed by atoms with Crippen molar-refractivity contribution in [3.63, 3.8) is 0 Å². The molecule has 124 valence electrons. The highest BCUT2D eigenvalue weighted by atomic mass is 35.5. The first kappa shape index (κ1) is 15.2. The van der Waals surface area contributed by atoms with Crippen LogP contribution in [0.5, 0.6) is 0 Å². The molecule has 2 N–H and O–H groups in total. The van der Waals surface area contributed by atoms with Crippen LogP contribution in [-0.2, 0) is 4.74 Å². The fourth-order valence-corrected chi connectivity index (χ4v) is 3.80. The maximum absolute atomic E-state index is 9.24. The Kier molecular flexibility index (Phi) is 4.13. The zero-order valence-corrected chi connectivity index (χ0v) is 13.7. The molecule has 2 aromatic heterocycles. The molecule has 1 aliphatic carbocycles. The maximum atomic E-state index is 9.24. The number of aliphatic hydroxyl groups excluding tert-OH is 1. The van der Waals surface area contributed by atoms with Crippen molar-refractivity contribution in [2.45, 2.75) is 56.9 Å². The van der Waals surface area contributed by atoms with E-state index >= 15 is 0 Å². The van der Waals surface area contributed by atoms with Crippen molar-refractivity contribution < 1.29 is 9.84 Å². The van der Waals surface area contributed by atoms with E-state index in [1.807, 2.05) is 12.3 Å². The molecule has 0 spiro atoms. The second kappa shape index (κ2) is 6.26. The molecular weight excluding hydrogens is 316 g/mol. The molecule has 0 bridgehead atoms. The molecule has 2 fully saturated rings. The van der Waals surface area contributed by atoms with Crippen molar-refractivity contribution in [1.29, 1.82) is 0 Å². The zero-order valence-electron chi connectivity index (χ0n) is 12.9. The van der Waals surface area contributed by atoms with Crippen LogP contribution in [0.2, 0.25) is 5.15 Å². The van der Waals surface area contributed by atoms with Gasteiger partial charge in [0, 0.05) is 6.04 Å². The van der Waals surface area contributed by atoms with Gasteiger partial charge in [-0.2, -0.15) is 5.10 Å². The quantitative estimate of drug-likeness (QED) is 0.839. The molecule has 6 nitrogen and oxygen atoms in total. The lowest BCUT2D eigenvalue weighted by Gasteiger charge is -2.16. The van der Waals surface area contributed by atoms with Gasteiger partial charge in [0.25, 0.3) is 0 Å². The summed E-state index contributed by atoms with van der Waals surface area (Å²) >= 11 is 6.23. The molecule has 2 aliphatic rings. The first-order valence-corrected chi connectivity index (χ1v) is 8.69. The van der Waals surface area contributed by atoms with Crippen molar-refractivity contribution in [2.24, 2.45) is 0 Å². The predicted octanol–water partition coefficient (Wildman–Crippen LogP) is 3.11. The molecule has 1 saturated carbocycles. The summed E-state index contributed by atoms with van der Waals surface area (Å²) in [7, 11) is 0. The summed E-state index contributed by atoms with van der Waals surface area (Å²) in [5.41, 5.74) is 1.73. The molecule has 2 atom stereocenters. The standard InChI is InChI=1S/C16H21ClN4O2/c17-14-7-13(19-10-3-1-2-4-10)12-8-18-21(16(12)20-14)15-6-5-11(9-22)23-15/h7-8,10-11,15,22H,1-6,9H2,(H,19,20).